The van der Waals surface area contributed by atoms with Crippen LogP contribution in [0.5, 0.6) is 0 Å². The van der Waals surface area contributed by atoms with E-state index >= 15 is 0 Å². The van der Waals surface area contributed by atoms with Gasteiger partial charge in [0.15, 0.2) is 0 Å². The van der Waals surface area contributed by atoms with Crippen LogP contribution in [-0.2, 0) is 9.53 Å². The van der Waals surface area contributed by atoms with E-state index < -0.39 is 5.97 Å². The molecule has 0 aromatic heterocycles. The van der Waals surface area contributed by atoms with Gasteiger partial charge in [-0.3, -0.25) is 4.99 Å². The van der Waals surface area contributed by atoms with Crippen molar-refractivity contribution in [2.75, 3.05) is 20.3 Å². The quantitative estimate of drug-likeness (QED) is 0.593. The van der Waals surface area contributed by atoms with E-state index in [-0.39, 0.29) is 12.3 Å². The van der Waals surface area contributed by atoms with Gasteiger partial charge in [0.1, 0.15) is 5.71 Å². The fraction of sp³-hybridized carbons (Fsp3) is 0.500. The molecule has 5 nitrogen and oxygen atoms in total. The van der Waals surface area contributed by atoms with Crippen LogP contribution in [0, 0.1) is 0 Å². The van der Waals surface area contributed by atoms with E-state index in [2.05, 4.69) is 4.99 Å². The molecule has 0 radical (unpaired) electrons. The van der Waals surface area contributed by atoms with Crippen molar-refractivity contribution in [2.24, 2.45) is 10.7 Å². The molecule has 0 aromatic rings. The van der Waals surface area contributed by atoms with Crippen LogP contribution in [0.1, 0.15) is 6.92 Å². The molecule has 13 heavy (non-hydrogen) atoms. The predicted octanol–water partition coefficient (Wildman–Crippen LogP) is 0.0209. The van der Waals surface area contributed by atoms with Crippen molar-refractivity contribution >= 4 is 11.7 Å². The third-order valence-electron chi connectivity index (χ3n) is 1.25. The first-order valence-corrected chi connectivity index (χ1v) is 3.85. The van der Waals surface area contributed by atoms with Crippen molar-refractivity contribution in [3.05, 3.63) is 11.8 Å². The van der Waals surface area contributed by atoms with Gasteiger partial charge in [0.25, 0.3) is 0 Å². The lowest BCUT2D eigenvalue weighted by Crippen LogP contribution is -2.15. The molecule has 0 aliphatic heterocycles. The molecule has 0 aliphatic rings. The van der Waals surface area contributed by atoms with Gasteiger partial charge in [0.05, 0.1) is 6.61 Å². The summed E-state index contributed by atoms with van der Waals surface area (Å²) in [5.74, 6) is -1.10. The van der Waals surface area contributed by atoms with Crippen molar-refractivity contribution < 1.29 is 14.6 Å². The molecule has 74 valence electrons. The van der Waals surface area contributed by atoms with Crippen LogP contribution in [0.2, 0.25) is 0 Å². The van der Waals surface area contributed by atoms with Crippen molar-refractivity contribution in [3.63, 3.8) is 0 Å². The lowest BCUT2D eigenvalue weighted by atomic mass is 10.3. The van der Waals surface area contributed by atoms with Crippen molar-refractivity contribution in [1.82, 2.24) is 0 Å². The summed E-state index contributed by atoms with van der Waals surface area (Å²) < 4.78 is 4.98. The van der Waals surface area contributed by atoms with Gasteiger partial charge in [0, 0.05) is 19.4 Å². The van der Waals surface area contributed by atoms with E-state index in [0.717, 1.165) is 0 Å². The Balaban J connectivity index is 4.26. The highest BCUT2D eigenvalue weighted by atomic mass is 16.5. The average molecular weight is 186 g/mol. The normalized spacial score (nSPS) is 13.1. The molecule has 0 spiro atoms. The molecule has 0 unspecified atom stereocenters. The Morgan fingerprint density at radius 2 is 2.31 bits per heavy atom. The topological polar surface area (TPSA) is 84.9 Å². The summed E-state index contributed by atoms with van der Waals surface area (Å²) in [5.41, 5.74) is 5.75. The maximum Gasteiger partial charge on any atom is 0.354 e. The minimum absolute atomic E-state index is 0.0720. The largest absolute Gasteiger partial charge is 0.477 e. The van der Waals surface area contributed by atoms with Crippen molar-refractivity contribution in [1.29, 1.82) is 0 Å². The second-order valence-electron chi connectivity index (χ2n) is 2.27. The number of hydrogen-bond donors (Lipinski definition) is 2. The molecule has 3 N–H and O–H groups in total. The Morgan fingerprint density at radius 3 is 2.69 bits per heavy atom. The number of hydrogen-bond acceptors (Lipinski definition) is 4. The first kappa shape index (κ1) is 11.6. The molecule has 0 saturated heterocycles. The molecule has 0 aliphatic carbocycles. The van der Waals surface area contributed by atoms with Gasteiger partial charge >= 0.3 is 5.97 Å². The lowest BCUT2D eigenvalue weighted by molar-refractivity contribution is -0.129. The Bertz CT molecular complexity index is 234. The van der Waals surface area contributed by atoms with Crippen LogP contribution in [0.4, 0.5) is 0 Å². The SMILES string of the molecule is CCOC/C(N)=C/C(=NC)C(=O)O. The van der Waals surface area contributed by atoms with Crippen LogP contribution in [0.25, 0.3) is 0 Å². The van der Waals surface area contributed by atoms with Gasteiger partial charge in [-0.2, -0.15) is 0 Å². The summed E-state index contributed by atoms with van der Waals surface area (Å²) >= 11 is 0. The van der Waals surface area contributed by atoms with E-state index in [0.29, 0.717) is 12.3 Å². The van der Waals surface area contributed by atoms with Crippen LogP contribution in [0.15, 0.2) is 16.8 Å². The Hall–Kier alpha value is -1.36. The van der Waals surface area contributed by atoms with Gasteiger partial charge in [-0.15, -0.1) is 0 Å². The zero-order valence-corrected chi connectivity index (χ0v) is 7.78. The molecule has 0 atom stereocenters. The smallest absolute Gasteiger partial charge is 0.354 e. The zero-order valence-electron chi connectivity index (χ0n) is 7.78. The van der Waals surface area contributed by atoms with Gasteiger partial charge in [-0.05, 0) is 13.0 Å². The molecule has 0 saturated carbocycles. The summed E-state index contributed by atoms with van der Waals surface area (Å²) in [6.07, 6.45) is 1.29. The summed E-state index contributed by atoms with van der Waals surface area (Å²) in [6, 6.07) is 0. The number of nitrogens with two attached hydrogens (primary N) is 1. The number of carboxylic acids is 1. The lowest BCUT2D eigenvalue weighted by Gasteiger charge is -2.00. The van der Waals surface area contributed by atoms with E-state index in [1.165, 1.54) is 13.1 Å². The molecule has 0 heterocycles. The average Bonchev–Trinajstić information content (AvgIpc) is 2.10. The molecular formula is C8H14N2O3. The summed E-state index contributed by atoms with van der Waals surface area (Å²) in [6.45, 7) is 2.60. The fourth-order valence-electron chi connectivity index (χ4n) is 0.659. The predicted molar refractivity (Wildman–Crippen MR) is 49.8 cm³/mol. The molecule has 0 bridgehead atoms. The van der Waals surface area contributed by atoms with Crippen LogP contribution in [0.3, 0.4) is 0 Å². The number of nitrogens with zero attached hydrogens (tertiary/aromatic N) is 1. The van der Waals surface area contributed by atoms with Crippen molar-refractivity contribution in [2.45, 2.75) is 6.92 Å². The van der Waals surface area contributed by atoms with Gasteiger partial charge in [-0.1, -0.05) is 0 Å². The van der Waals surface area contributed by atoms with E-state index in [1.807, 2.05) is 6.92 Å². The van der Waals surface area contributed by atoms with E-state index in [1.54, 1.807) is 0 Å². The van der Waals surface area contributed by atoms with Gasteiger partial charge in [0.2, 0.25) is 0 Å². The Morgan fingerprint density at radius 1 is 1.69 bits per heavy atom. The van der Waals surface area contributed by atoms with Crippen molar-refractivity contribution in [3.8, 4) is 0 Å². The molecule has 0 amide bonds. The van der Waals surface area contributed by atoms with Crippen LogP contribution in [-0.4, -0.2) is 37.0 Å². The highest BCUT2D eigenvalue weighted by molar-refractivity contribution is 6.40. The molecule has 5 heteroatoms. The number of ether oxygens (including phenoxy) is 1. The van der Waals surface area contributed by atoms with Gasteiger partial charge < -0.3 is 15.6 Å². The fourth-order valence-corrected chi connectivity index (χ4v) is 0.659. The second kappa shape index (κ2) is 6.19. The monoisotopic (exact) mass is 186 g/mol. The number of rotatable bonds is 5. The highest BCUT2D eigenvalue weighted by Crippen LogP contribution is 1.89. The minimum Gasteiger partial charge on any atom is -0.477 e. The van der Waals surface area contributed by atoms with E-state index in [9.17, 15) is 4.79 Å². The highest BCUT2D eigenvalue weighted by Gasteiger charge is 2.04. The number of carboxylic acid groups (broad SMARTS) is 1. The third kappa shape index (κ3) is 4.97. The van der Waals surface area contributed by atoms with Crippen LogP contribution >= 0.6 is 0 Å². The first-order chi connectivity index (χ1) is 6.11. The maximum absolute atomic E-state index is 10.5. The van der Waals surface area contributed by atoms with Crippen LogP contribution < -0.4 is 5.73 Å². The number of carbonyl (C=O) groups is 1. The first-order valence-electron chi connectivity index (χ1n) is 3.85. The summed E-state index contributed by atoms with van der Waals surface area (Å²) in [4.78, 5) is 14.0. The maximum atomic E-state index is 10.5. The summed E-state index contributed by atoms with van der Waals surface area (Å²) in [5, 5.41) is 8.58. The van der Waals surface area contributed by atoms with E-state index in [4.69, 9.17) is 15.6 Å². The Kier molecular flexibility index (Phi) is 5.54. The molecule has 0 rings (SSSR count). The minimum atomic E-state index is -1.10. The second-order valence-corrected chi connectivity index (χ2v) is 2.27. The standard InChI is InChI=1S/C8H14N2O3/c1-3-13-5-6(9)4-7(10-2)8(11)12/h4H,3,5,9H2,1-2H3,(H,11,12)/b6-4-,10-7?. The molecule has 0 fully saturated rings. The molecular weight excluding hydrogens is 172 g/mol. The number of aliphatic imine (C=N–C) groups is 1. The zero-order chi connectivity index (χ0) is 10.3. The molecule has 0 aromatic carbocycles. The Labute approximate surface area is 76.9 Å². The third-order valence-corrected chi connectivity index (χ3v) is 1.25. The van der Waals surface area contributed by atoms with Gasteiger partial charge in [-0.25, -0.2) is 4.79 Å². The number of aliphatic carboxylic acids is 1. The summed E-state index contributed by atoms with van der Waals surface area (Å²) in [7, 11) is 1.40.